The zero-order valence-corrected chi connectivity index (χ0v) is 17.2. The average molecular weight is 410 g/mol. The Balaban J connectivity index is 1.52. The lowest BCUT2D eigenvalue weighted by molar-refractivity contribution is -0.134. The van der Waals surface area contributed by atoms with Crippen molar-refractivity contribution in [1.29, 1.82) is 0 Å². The van der Waals surface area contributed by atoms with E-state index in [0.29, 0.717) is 43.9 Å². The van der Waals surface area contributed by atoms with Crippen LogP contribution < -0.4 is 4.74 Å². The van der Waals surface area contributed by atoms with Crippen LogP contribution in [-0.2, 0) is 14.6 Å². The van der Waals surface area contributed by atoms with Gasteiger partial charge in [0.1, 0.15) is 5.75 Å². The number of likely N-dealkylation sites (N-methyl/N-ethyl adjacent to an activating group) is 1. The van der Waals surface area contributed by atoms with Gasteiger partial charge in [-0.25, -0.2) is 8.42 Å². The summed E-state index contributed by atoms with van der Waals surface area (Å²) in [6, 6.07) is 7.02. The molecule has 0 N–H and O–H groups in total. The lowest BCUT2D eigenvalue weighted by Crippen LogP contribution is -2.53. The molecular weight excluding hydrogens is 382 g/mol. The third kappa shape index (κ3) is 4.64. The van der Waals surface area contributed by atoms with E-state index in [-0.39, 0.29) is 35.9 Å². The Morgan fingerprint density at radius 3 is 2.39 bits per heavy atom. The lowest BCUT2D eigenvalue weighted by Gasteiger charge is -2.36. The fourth-order valence-corrected chi connectivity index (χ4v) is 5.52. The van der Waals surface area contributed by atoms with Crippen molar-refractivity contribution < 1.29 is 22.7 Å². The highest BCUT2D eigenvalue weighted by Crippen LogP contribution is 2.20. The van der Waals surface area contributed by atoms with E-state index in [1.807, 2.05) is 11.0 Å². The number of rotatable bonds is 5. The Morgan fingerprint density at radius 2 is 1.79 bits per heavy atom. The standard InChI is InChI=1S/C19H27N3O5S/c1-20(15-7-12-28(25,26)14-15)13-18(23)21-8-10-22(11-9-21)19(24)16-5-3-4-6-17(16)27-2/h3-6,15H,7-14H2,1-2H3/t15-/m1/s1. The number of benzene rings is 1. The van der Waals surface area contributed by atoms with Gasteiger partial charge >= 0.3 is 0 Å². The van der Waals surface area contributed by atoms with E-state index in [9.17, 15) is 18.0 Å². The van der Waals surface area contributed by atoms with Crippen molar-refractivity contribution in [2.45, 2.75) is 12.5 Å². The van der Waals surface area contributed by atoms with Gasteiger partial charge in [-0.2, -0.15) is 0 Å². The molecule has 8 nitrogen and oxygen atoms in total. The number of hydrogen-bond donors (Lipinski definition) is 0. The minimum Gasteiger partial charge on any atom is -0.496 e. The van der Waals surface area contributed by atoms with Crippen LogP contribution in [-0.4, -0.2) is 99.4 Å². The Kier molecular flexibility index (Phi) is 6.24. The van der Waals surface area contributed by atoms with Gasteiger partial charge in [0.05, 0.1) is 30.7 Å². The molecule has 2 fully saturated rings. The molecule has 2 amide bonds. The molecule has 0 radical (unpaired) electrons. The fraction of sp³-hybridized carbons (Fsp3) is 0.579. The second-order valence-electron chi connectivity index (χ2n) is 7.35. The first kappa shape index (κ1) is 20.6. The van der Waals surface area contributed by atoms with Crippen molar-refractivity contribution >= 4 is 21.7 Å². The first-order valence-electron chi connectivity index (χ1n) is 9.41. The number of methoxy groups -OCH3 is 1. The minimum atomic E-state index is -2.97. The number of carbonyl (C=O) groups excluding carboxylic acids is 2. The van der Waals surface area contributed by atoms with Gasteiger partial charge in [0, 0.05) is 32.2 Å². The van der Waals surface area contributed by atoms with Gasteiger partial charge in [0.2, 0.25) is 5.91 Å². The fourth-order valence-electron chi connectivity index (χ4n) is 3.72. The van der Waals surface area contributed by atoms with Crippen molar-refractivity contribution in [3.63, 3.8) is 0 Å². The molecule has 3 rings (SSSR count). The average Bonchev–Trinajstić information content (AvgIpc) is 3.07. The van der Waals surface area contributed by atoms with E-state index < -0.39 is 9.84 Å². The molecule has 2 heterocycles. The lowest BCUT2D eigenvalue weighted by atomic mass is 10.1. The highest BCUT2D eigenvalue weighted by molar-refractivity contribution is 7.91. The van der Waals surface area contributed by atoms with E-state index >= 15 is 0 Å². The van der Waals surface area contributed by atoms with Gasteiger partial charge < -0.3 is 14.5 Å². The number of nitrogens with zero attached hydrogens (tertiary/aromatic N) is 3. The monoisotopic (exact) mass is 409 g/mol. The highest BCUT2D eigenvalue weighted by Gasteiger charge is 2.33. The molecule has 28 heavy (non-hydrogen) atoms. The largest absolute Gasteiger partial charge is 0.496 e. The first-order valence-corrected chi connectivity index (χ1v) is 11.2. The molecule has 0 spiro atoms. The number of amides is 2. The van der Waals surface area contributed by atoms with E-state index in [1.54, 1.807) is 35.0 Å². The van der Waals surface area contributed by atoms with Crippen molar-refractivity contribution in [3.8, 4) is 5.75 Å². The van der Waals surface area contributed by atoms with Crippen molar-refractivity contribution in [2.24, 2.45) is 0 Å². The summed E-state index contributed by atoms with van der Waals surface area (Å²) in [6.07, 6.45) is 0.577. The Bertz CT molecular complexity index is 834. The van der Waals surface area contributed by atoms with Crippen molar-refractivity contribution in [1.82, 2.24) is 14.7 Å². The van der Waals surface area contributed by atoms with Crippen LogP contribution in [0.4, 0.5) is 0 Å². The number of carbonyl (C=O) groups is 2. The third-order valence-corrected chi connectivity index (χ3v) is 7.22. The van der Waals surface area contributed by atoms with Crippen molar-refractivity contribution in [3.05, 3.63) is 29.8 Å². The van der Waals surface area contributed by atoms with Gasteiger partial charge in [0.15, 0.2) is 9.84 Å². The zero-order valence-electron chi connectivity index (χ0n) is 16.3. The maximum atomic E-state index is 12.7. The topological polar surface area (TPSA) is 87.2 Å². The molecule has 0 saturated carbocycles. The van der Waals surface area contributed by atoms with Crippen LogP contribution in [0.5, 0.6) is 5.75 Å². The predicted molar refractivity (Wildman–Crippen MR) is 105 cm³/mol. The number of para-hydroxylation sites is 1. The molecule has 0 aliphatic carbocycles. The molecule has 2 saturated heterocycles. The summed E-state index contributed by atoms with van der Waals surface area (Å²) in [5, 5.41) is 0. The number of ether oxygens (including phenoxy) is 1. The minimum absolute atomic E-state index is 0.0313. The molecule has 2 aliphatic rings. The molecule has 0 aromatic heterocycles. The summed E-state index contributed by atoms with van der Waals surface area (Å²) in [5.74, 6) is 0.728. The van der Waals surface area contributed by atoms with Gasteiger partial charge in [-0.15, -0.1) is 0 Å². The van der Waals surface area contributed by atoms with Gasteiger partial charge in [-0.05, 0) is 25.6 Å². The van der Waals surface area contributed by atoms with Crippen LogP contribution in [0.15, 0.2) is 24.3 Å². The SMILES string of the molecule is COc1ccccc1C(=O)N1CCN(C(=O)CN(C)[C@@H]2CCS(=O)(=O)C2)CC1. The molecule has 1 atom stereocenters. The van der Waals surface area contributed by atoms with E-state index in [4.69, 9.17) is 4.74 Å². The number of piperazine rings is 1. The van der Waals surface area contributed by atoms with Gasteiger partial charge in [-0.1, -0.05) is 12.1 Å². The molecule has 1 aromatic rings. The zero-order chi connectivity index (χ0) is 20.3. The van der Waals surface area contributed by atoms with Crippen LogP contribution in [0.3, 0.4) is 0 Å². The van der Waals surface area contributed by atoms with Crippen LogP contribution in [0.25, 0.3) is 0 Å². The summed E-state index contributed by atoms with van der Waals surface area (Å²) in [6.45, 7) is 2.06. The molecular formula is C19H27N3O5S. The maximum absolute atomic E-state index is 12.7. The first-order chi connectivity index (χ1) is 13.3. The van der Waals surface area contributed by atoms with Gasteiger partial charge in [-0.3, -0.25) is 14.5 Å². The van der Waals surface area contributed by atoms with Gasteiger partial charge in [0.25, 0.3) is 5.91 Å². The summed E-state index contributed by atoms with van der Waals surface area (Å²) >= 11 is 0. The third-order valence-electron chi connectivity index (χ3n) is 5.47. The molecule has 1 aromatic carbocycles. The quantitative estimate of drug-likeness (QED) is 0.686. The van der Waals surface area contributed by atoms with Crippen molar-refractivity contribution in [2.75, 3.05) is 58.4 Å². The summed E-state index contributed by atoms with van der Waals surface area (Å²) in [7, 11) is 0.362. The molecule has 154 valence electrons. The Morgan fingerprint density at radius 1 is 1.14 bits per heavy atom. The van der Waals surface area contributed by atoms with Crippen LogP contribution in [0.1, 0.15) is 16.8 Å². The van der Waals surface area contributed by atoms with Crippen LogP contribution in [0.2, 0.25) is 0 Å². The normalized spacial score (nSPS) is 21.8. The maximum Gasteiger partial charge on any atom is 0.257 e. The second-order valence-corrected chi connectivity index (χ2v) is 9.57. The van der Waals surface area contributed by atoms with E-state index in [1.165, 1.54) is 7.11 Å². The van der Waals surface area contributed by atoms with E-state index in [2.05, 4.69) is 0 Å². The summed E-state index contributed by atoms with van der Waals surface area (Å²) in [4.78, 5) is 30.6. The second kappa shape index (κ2) is 8.48. The molecule has 0 unspecified atom stereocenters. The molecule has 2 aliphatic heterocycles. The van der Waals surface area contributed by atoms with Crippen LogP contribution in [0, 0.1) is 0 Å². The summed E-state index contributed by atoms with van der Waals surface area (Å²) in [5.41, 5.74) is 0.520. The highest BCUT2D eigenvalue weighted by atomic mass is 32.2. The Labute approximate surface area is 166 Å². The predicted octanol–water partition coefficient (Wildman–Crippen LogP) is 0.0985. The molecule has 0 bridgehead atoms. The van der Waals surface area contributed by atoms with Crippen LogP contribution >= 0.6 is 0 Å². The number of hydrogen-bond acceptors (Lipinski definition) is 6. The Hall–Kier alpha value is -2.13. The molecule has 9 heteroatoms. The van der Waals surface area contributed by atoms with E-state index in [0.717, 1.165) is 0 Å². The smallest absolute Gasteiger partial charge is 0.257 e. The summed E-state index contributed by atoms with van der Waals surface area (Å²) < 4.78 is 28.5. The number of sulfone groups is 1.